The average Bonchev–Trinajstić information content (AvgIpc) is 2.84. The van der Waals surface area contributed by atoms with Gasteiger partial charge in [0.05, 0.1) is 13.7 Å². The summed E-state index contributed by atoms with van der Waals surface area (Å²) < 4.78 is 11.0. The Hall–Kier alpha value is -1.38. The molecule has 0 saturated heterocycles. The minimum absolute atomic E-state index is 0.699. The molecule has 0 bridgehead atoms. The fraction of sp³-hybridized carbons (Fsp3) is 0.571. The lowest BCUT2D eigenvalue weighted by Crippen LogP contribution is -2.04. The smallest absolute Gasteiger partial charge is 0.162 e. The molecule has 1 aliphatic carbocycles. The predicted molar refractivity (Wildman–Crippen MR) is 69.5 cm³/mol. The minimum atomic E-state index is 0.699. The van der Waals surface area contributed by atoms with Gasteiger partial charge in [0.1, 0.15) is 0 Å². The van der Waals surface area contributed by atoms with Gasteiger partial charge in [-0.25, -0.2) is 0 Å². The summed E-state index contributed by atoms with van der Waals surface area (Å²) in [6.45, 7) is 0.769. The van der Waals surface area contributed by atoms with Gasteiger partial charge < -0.3 is 15.2 Å². The van der Waals surface area contributed by atoms with Gasteiger partial charge in [-0.15, -0.1) is 0 Å². The molecule has 0 radical (unpaired) electrons. The first-order valence-electron chi connectivity index (χ1n) is 6.36. The second-order valence-electron chi connectivity index (χ2n) is 4.70. The van der Waals surface area contributed by atoms with Crippen molar-refractivity contribution in [3.63, 3.8) is 0 Å². The molecule has 0 heterocycles. The van der Waals surface area contributed by atoms with Crippen molar-refractivity contribution >= 4 is 5.69 Å². The minimum Gasteiger partial charge on any atom is -0.493 e. The van der Waals surface area contributed by atoms with Crippen LogP contribution in [0.4, 0.5) is 5.69 Å². The van der Waals surface area contributed by atoms with Crippen LogP contribution in [0.1, 0.15) is 32.1 Å². The number of hydrogen-bond acceptors (Lipinski definition) is 3. The van der Waals surface area contributed by atoms with Crippen molar-refractivity contribution < 1.29 is 9.47 Å². The van der Waals surface area contributed by atoms with Crippen molar-refractivity contribution in [2.24, 2.45) is 5.92 Å². The van der Waals surface area contributed by atoms with Crippen LogP contribution in [0.5, 0.6) is 11.5 Å². The molecule has 1 saturated carbocycles. The molecular formula is C14H21NO2. The van der Waals surface area contributed by atoms with Crippen LogP contribution in [-0.2, 0) is 0 Å². The van der Waals surface area contributed by atoms with Crippen LogP contribution in [0.3, 0.4) is 0 Å². The summed E-state index contributed by atoms with van der Waals surface area (Å²) in [4.78, 5) is 0. The van der Waals surface area contributed by atoms with Crippen molar-refractivity contribution in [2.45, 2.75) is 32.1 Å². The summed E-state index contributed by atoms with van der Waals surface area (Å²) in [6, 6.07) is 5.52. The highest BCUT2D eigenvalue weighted by atomic mass is 16.5. The van der Waals surface area contributed by atoms with E-state index in [-0.39, 0.29) is 0 Å². The monoisotopic (exact) mass is 235 g/mol. The molecule has 1 fully saturated rings. The maximum Gasteiger partial charge on any atom is 0.162 e. The molecule has 2 rings (SSSR count). The van der Waals surface area contributed by atoms with Crippen LogP contribution in [0.15, 0.2) is 18.2 Å². The number of nitrogens with two attached hydrogens (primary N) is 1. The fourth-order valence-electron chi connectivity index (χ4n) is 2.44. The molecule has 0 spiro atoms. The second kappa shape index (κ2) is 5.80. The number of hydrogen-bond donors (Lipinski definition) is 1. The van der Waals surface area contributed by atoms with Gasteiger partial charge in [-0.1, -0.05) is 25.7 Å². The van der Waals surface area contributed by atoms with Gasteiger partial charge in [-0.3, -0.25) is 0 Å². The van der Waals surface area contributed by atoms with E-state index in [0.29, 0.717) is 5.69 Å². The van der Waals surface area contributed by atoms with Gasteiger partial charge in [0.25, 0.3) is 0 Å². The van der Waals surface area contributed by atoms with Crippen LogP contribution in [-0.4, -0.2) is 13.7 Å². The Morgan fingerprint density at radius 2 is 2.00 bits per heavy atom. The Balaban J connectivity index is 1.85. The van der Waals surface area contributed by atoms with E-state index < -0.39 is 0 Å². The molecule has 1 aliphatic rings. The van der Waals surface area contributed by atoms with Gasteiger partial charge in [-0.2, -0.15) is 0 Å². The molecule has 1 aromatic carbocycles. The summed E-state index contributed by atoms with van der Waals surface area (Å²) in [5.41, 5.74) is 6.39. The van der Waals surface area contributed by atoms with E-state index in [4.69, 9.17) is 15.2 Å². The standard InChI is InChI=1S/C14H21NO2/c1-16-14-10-12(15)6-7-13(14)17-9-8-11-4-2-3-5-11/h6-7,10-11H,2-5,8-9,15H2,1H3. The third-order valence-electron chi connectivity index (χ3n) is 3.45. The maximum atomic E-state index is 5.76. The number of benzene rings is 1. The largest absolute Gasteiger partial charge is 0.493 e. The Morgan fingerprint density at radius 3 is 2.71 bits per heavy atom. The third-order valence-corrected chi connectivity index (χ3v) is 3.45. The van der Waals surface area contributed by atoms with Gasteiger partial charge >= 0.3 is 0 Å². The van der Waals surface area contributed by atoms with Crippen LogP contribution in [0.2, 0.25) is 0 Å². The lowest BCUT2D eigenvalue weighted by molar-refractivity contribution is 0.265. The second-order valence-corrected chi connectivity index (χ2v) is 4.70. The molecule has 0 aromatic heterocycles. The molecule has 0 amide bonds. The maximum absolute atomic E-state index is 5.76. The number of rotatable bonds is 5. The normalized spacial score (nSPS) is 16.1. The lowest BCUT2D eigenvalue weighted by atomic mass is 10.1. The quantitative estimate of drug-likeness (QED) is 0.797. The first-order valence-corrected chi connectivity index (χ1v) is 6.36. The highest BCUT2D eigenvalue weighted by Crippen LogP contribution is 2.31. The zero-order valence-corrected chi connectivity index (χ0v) is 10.4. The van der Waals surface area contributed by atoms with Crippen molar-refractivity contribution in [2.75, 3.05) is 19.5 Å². The summed E-state index contributed by atoms with van der Waals surface area (Å²) in [5.74, 6) is 2.37. The van der Waals surface area contributed by atoms with Crippen LogP contribution in [0.25, 0.3) is 0 Å². The number of ether oxygens (including phenoxy) is 2. The zero-order chi connectivity index (χ0) is 12.1. The SMILES string of the molecule is COc1cc(N)ccc1OCCC1CCCC1. The van der Waals surface area contributed by atoms with Gasteiger partial charge in [-0.05, 0) is 24.5 Å². The molecule has 3 heteroatoms. The van der Waals surface area contributed by atoms with Crippen molar-refractivity contribution in [1.29, 1.82) is 0 Å². The predicted octanol–water partition coefficient (Wildman–Crippen LogP) is 3.24. The van der Waals surface area contributed by atoms with E-state index in [0.717, 1.165) is 30.4 Å². The first kappa shape index (κ1) is 12.1. The molecule has 0 unspecified atom stereocenters. The Kier molecular flexibility index (Phi) is 4.13. The van der Waals surface area contributed by atoms with Gasteiger partial charge in [0.2, 0.25) is 0 Å². The highest BCUT2D eigenvalue weighted by Gasteiger charge is 2.15. The molecular weight excluding hydrogens is 214 g/mol. The number of methoxy groups -OCH3 is 1. The summed E-state index contributed by atoms with van der Waals surface area (Å²) in [7, 11) is 1.64. The molecule has 0 aliphatic heterocycles. The van der Waals surface area contributed by atoms with Crippen LogP contribution in [0, 0.1) is 5.92 Å². The van der Waals surface area contributed by atoms with Crippen LogP contribution < -0.4 is 15.2 Å². The number of anilines is 1. The summed E-state index contributed by atoms with van der Waals surface area (Å²) in [6.07, 6.45) is 6.64. The van der Waals surface area contributed by atoms with E-state index in [1.807, 2.05) is 12.1 Å². The molecule has 0 atom stereocenters. The van der Waals surface area contributed by atoms with E-state index in [1.165, 1.54) is 25.7 Å². The van der Waals surface area contributed by atoms with Crippen molar-refractivity contribution in [3.05, 3.63) is 18.2 Å². The van der Waals surface area contributed by atoms with E-state index in [9.17, 15) is 0 Å². The van der Waals surface area contributed by atoms with E-state index in [1.54, 1.807) is 13.2 Å². The Labute approximate surface area is 103 Å². The van der Waals surface area contributed by atoms with Gasteiger partial charge in [0.15, 0.2) is 11.5 Å². The highest BCUT2D eigenvalue weighted by molar-refractivity contribution is 5.51. The van der Waals surface area contributed by atoms with Crippen LogP contribution >= 0.6 is 0 Å². The van der Waals surface area contributed by atoms with E-state index in [2.05, 4.69) is 0 Å². The number of nitrogen functional groups attached to an aromatic ring is 1. The molecule has 94 valence electrons. The summed E-state index contributed by atoms with van der Waals surface area (Å²) in [5, 5.41) is 0. The molecule has 17 heavy (non-hydrogen) atoms. The van der Waals surface area contributed by atoms with Crippen molar-refractivity contribution in [3.8, 4) is 11.5 Å². The molecule has 1 aromatic rings. The zero-order valence-electron chi connectivity index (χ0n) is 10.4. The summed E-state index contributed by atoms with van der Waals surface area (Å²) >= 11 is 0. The Bertz CT molecular complexity index is 359. The van der Waals surface area contributed by atoms with E-state index >= 15 is 0 Å². The first-order chi connectivity index (χ1) is 8.29. The topological polar surface area (TPSA) is 44.5 Å². The fourth-order valence-corrected chi connectivity index (χ4v) is 2.44. The lowest BCUT2D eigenvalue weighted by Gasteiger charge is -2.13. The van der Waals surface area contributed by atoms with Gasteiger partial charge in [0, 0.05) is 11.8 Å². The Morgan fingerprint density at radius 1 is 1.24 bits per heavy atom. The average molecular weight is 235 g/mol. The molecule has 3 nitrogen and oxygen atoms in total. The third kappa shape index (κ3) is 3.29. The van der Waals surface area contributed by atoms with Crippen molar-refractivity contribution in [1.82, 2.24) is 0 Å². The molecule has 2 N–H and O–H groups in total.